The van der Waals surface area contributed by atoms with Crippen LogP contribution in [-0.4, -0.2) is 49.4 Å². The molecule has 3 rings (SSSR count). The number of nitrogens with two attached hydrogens (primary N) is 1. The van der Waals surface area contributed by atoms with Crippen molar-refractivity contribution in [3.63, 3.8) is 0 Å². The van der Waals surface area contributed by atoms with E-state index in [1.165, 1.54) is 11.3 Å². The van der Waals surface area contributed by atoms with E-state index >= 15 is 0 Å². The molecule has 2 amide bonds. The normalized spacial score (nSPS) is 15.2. The molecule has 2 aromatic rings. The third kappa shape index (κ3) is 4.50. The first-order valence-corrected chi connectivity index (χ1v) is 9.19. The minimum Gasteiger partial charge on any atom is -0.369 e. The van der Waals surface area contributed by atoms with Gasteiger partial charge < -0.3 is 16.0 Å². The van der Waals surface area contributed by atoms with Crippen molar-refractivity contribution in [3.05, 3.63) is 46.3 Å². The second kappa shape index (κ2) is 7.86. The molecular formula is C17H19ClN4O2S. The molecule has 0 spiro atoms. The molecule has 132 valence electrons. The van der Waals surface area contributed by atoms with Crippen LogP contribution < -0.4 is 16.0 Å². The van der Waals surface area contributed by atoms with Gasteiger partial charge in [0, 0.05) is 36.9 Å². The van der Waals surface area contributed by atoms with Crippen LogP contribution in [0.2, 0.25) is 5.02 Å². The molecule has 1 aliphatic heterocycles. The van der Waals surface area contributed by atoms with Gasteiger partial charge in [-0.15, -0.1) is 11.3 Å². The van der Waals surface area contributed by atoms with E-state index in [0.717, 1.165) is 36.9 Å². The first kappa shape index (κ1) is 17.7. The maximum atomic E-state index is 12.2. The fourth-order valence-corrected chi connectivity index (χ4v) is 3.80. The number of rotatable bonds is 5. The van der Waals surface area contributed by atoms with E-state index < -0.39 is 5.91 Å². The van der Waals surface area contributed by atoms with Gasteiger partial charge in [0.15, 0.2) is 0 Å². The molecule has 1 fully saturated rings. The van der Waals surface area contributed by atoms with Crippen LogP contribution in [0.3, 0.4) is 0 Å². The zero-order valence-electron chi connectivity index (χ0n) is 13.6. The van der Waals surface area contributed by atoms with Crippen LogP contribution in [0.4, 0.5) is 10.7 Å². The van der Waals surface area contributed by atoms with E-state index in [0.29, 0.717) is 17.1 Å². The number of benzene rings is 1. The Morgan fingerprint density at radius 1 is 1.20 bits per heavy atom. The molecule has 1 aromatic carbocycles. The van der Waals surface area contributed by atoms with Gasteiger partial charge in [-0.25, -0.2) is 0 Å². The zero-order valence-corrected chi connectivity index (χ0v) is 15.1. The van der Waals surface area contributed by atoms with Crippen molar-refractivity contribution >= 4 is 45.4 Å². The smallest absolute Gasteiger partial charge is 0.251 e. The van der Waals surface area contributed by atoms with E-state index in [1.807, 2.05) is 24.3 Å². The van der Waals surface area contributed by atoms with Gasteiger partial charge in [0.1, 0.15) is 5.00 Å². The largest absolute Gasteiger partial charge is 0.369 e. The van der Waals surface area contributed by atoms with Crippen molar-refractivity contribution in [1.29, 1.82) is 0 Å². The Balaban J connectivity index is 1.51. The molecule has 6 nitrogen and oxygen atoms in total. The van der Waals surface area contributed by atoms with Gasteiger partial charge in [-0.1, -0.05) is 17.7 Å². The fourth-order valence-electron chi connectivity index (χ4n) is 2.81. The number of piperazine rings is 1. The highest BCUT2D eigenvalue weighted by molar-refractivity contribution is 7.14. The predicted octanol–water partition coefficient (Wildman–Crippen LogP) is 2.26. The van der Waals surface area contributed by atoms with Crippen molar-refractivity contribution < 1.29 is 9.59 Å². The van der Waals surface area contributed by atoms with Crippen LogP contribution in [-0.2, 0) is 4.79 Å². The summed E-state index contributed by atoms with van der Waals surface area (Å²) in [6, 6.07) is 9.40. The Morgan fingerprint density at radius 3 is 2.64 bits per heavy atom. The quantitative estimate of drug-likeness (QED) is 0.836. The SMILES string of the molecule is NC(=O)c1ccsc1NC(=O)CN1CCN(c2cccc(Cl)c2)CC1. The molecule has 0 radical (unpaired) electrons. The van der Waals surface area contributed by atoms with E-state index in [2.05, 4.69) is 15.1 Å². The standard InChI is InChI=1S/C17H19ClN4O2S/c18-12-2-1-3-13(10-12)22-7-5-21(6-8-22)11-15(23)20-17-14(16(19)24)4-9-25-17/h1-4,9-10H,5-8,11H2,(H2,19,24)(H,20,23). The molecule has 25 heavy (non-hydrogen) atoms. The molecule has 1 aromatic heterocycles. The van der Waals surface area contributed by atoms with Gasteiger partial charge in [-0.05, 0) is 29.6 Å². The summed E-state index contributed by atoms with van der Waals surface area (Å²) in [5, 5.41) is 5.74. The third-order valence-corrected chi connectivity index (χ3v) is 5.16. The summed E-state index contributed by atoms with van der Waals surface area (Å²) in [4.78, 5) is 27.9. The van der Waals surface area contributed by atoms with Crippen LogP contribution in [0.5, 0.6) is 0 Å². The Labute approximate surface area is 155 Å². The van der Waals surface area contributed by atoms with Gasteiger partial charge in [0.05, 0.1) is 12.1 Å². The molecular weight excluding hydrogens is 360 g/mol. The number of carbonyl (C=O) groups is 2. The second-order valence-electron chi connectivity index (χ2n) is 5.82. The van der Waals surface area contributed by atoms with Crippen molar-refractivity contribution in [1.82, 2.24) is 4.90 Å². The minimum absolute atomic E-state index is 0.138. The highest BCUT2D eigenvalue weighted by Crippen LogP contribution is 2.23. The maximum Gasteiger partial charge on any atom is 0.251 e. The summed E-state index contributed by atoms with van der Waals surface area (Å²) in [6.45, 7) is 3.53. The summed E-state index contributed by atoms with van der Waals surface area (Å²) in [5.41, 5.74) is 6.74. The molecule has 0 saturated carbocycles. The number of halogens is 1. The molecule has 1 aliphatic rings. The van der Waals surface area contributed by atoms with Gasteiger partial charge in [-0.3, -0.25) is 14.5 Å². The van der Waals surface area contributed by atoms with Crippen molar-refractivity contribution in [3.8, 4) is 0 Å². The van der Waals surface area contributed by atoms with E-state index in [1.54, 1.807) is 11.4 Å². The number of anilines is 2. The monoisotopic (exact) mass is 378 g/mol. The van der Waals surface area contributed by atoms with Crippen LogP contribution in [0, 0.1) is 0 Å². The number of nitrogens with zero attached hydrogens (tertiary/aromatic N) is 2. The summed E-state index contributed by atoms with van der Waals surface area (Å²) in [6.07, 6.45) is 0. The average molecular weight is 379 g/mol. The maximum absolute atomic E-state index is 12.2. The lowest BCUT2D eigenvalue weighted by molar-refractivity contribution is -0.117. The van der Waals surface area contributed by atoms with Crippen molar-refractivity contribution in [2.75, 3.05) is 42.9 Å². The molecule has 8 heteroatoms. The van der Waals surface area contributed by atoms with Crippen LogP contribution in [0.15, 0.2) is 35.7 Å². The van der Waals surface area contributed by atoms with Crippen LogP contribution in [0.1, 0.15) is 10.4 Å². The molecule has 0 bridgehead atoms. The van der Waals surface area contributed by atoms with Gasteiger partial charge in [-0.2, -0.15) is 0 Å². The van der Waals surface area contributed by atoms with E-state index in [9.17, 15) is 9.59 Å². The minimum atomic E-state index is -0.535. The number of carbonyl (C=O) groups excluding carboxylic acids is 2. The topological polar surface area (TPSA) is 78.7 Å². The summed E-state index contributed by atoms with van der Waals surface area (Å²) in [5.74, 6) is -0.673. The lowest BCUT2D eigenvalue weighted by atomic mass is 10.2. The number of nitrogens with one attached hydrogen (secondary N) is 1. The summed E-state index contributed by atoms with van der Waals surface area (Å²) in [7, 11) is 0. The summed E-state index contributed by atoms with van der Waals surface area (Å²) < 4.78 is 0. The number of amides is 2. The van der Waals surface area contributed by atoms with Crippen molar-refractivity contribution in [2.45, 2.75) is 0 Å². The molecule has 0 unspecified atom stereocenters. The zero-order chi connectivity index (χ0) is 17.8. The lowest BCUT2D eigenvalue weighted by Crippen LogP contribution is -2.48. The van der Waals surface area contributed by atoms with Crippen LogP contribution in [0.25, 0.3) is 0 Å². The van der Waals surface area contributed by atoms with Gasteiger partial charge >= 0.3 is 0 Å². The molecule has 3 N–H and O–H groups in total. The lowest BCUT2D eigenvalue weighted by Gasteiger charge is -2.35. The highest BCUT2D eigenvalue weighted by atomic mass is 35.5. The Bertz CT molecular complexity index is 772. The van der Waals surface area contributed by atoms with E-state index in [-0.39, 0.29) is 5.91 Å². The number of hydrogen-bond donors (Lipinski definition) is 2. The molecule has 0 atom stereocenters. The second-order valence-corrected chi connectivity index (χ2v) is 7.17. The van der Waals surface area contributed by atoms with Gasteiger partial charge in [0.2, 0.25) is 5.91 Å². The Kier molecular flexibility index (Phi) is 5.57. The van der Waals surface area contributed by atoms with Crippen LogP contribution >= 0.6 is 22.9 Å². The highest BCUT2D eigenvalue weighted by Gasteiger charge is 2.20. The Hall–Kier alpha value is -2.09. The summed E-state index contributed by atoms with van der Waals surface area (Å²) >= 11 is 7.34. The molecule has 2 heterocycles. The Morgan fingerprint density at radius 2 is 1.96 bits per heavy atom. The van der Waals surface area contributed by atoms with Crippen molar-refractivity contribution in [2.24, 2.45) is 5.73 Å². The van der Waals surface area contributed by atoms with E-state index in [4.69, 9.17) is 17.3 Å². The number of thiophene rings is 1. The third-order valence-electron chi connectivity index (χ3n) is 4.10. The first-order chi connectivity index (χ1) is 12.0. The van der Waals surface area contributed by atoms with Gasteiger partial charge in [0.25, 0.3) is 5.91 Å². The number of hydrogen-bond acceptors (Lipinski definition) is 5. The average Bonchev–Trinajstić information content (AvgIpc) is 3.04. The molecule has 0 aliphatic carbocycles. The number of primary amides is 1. The molecule has 1 saturated heterocycles. The first-order valence-electron chi connectivity index (χ1n) is 7.93. The fraction of sp³-hybridized carbons (Fsp3) is 0.294. The predicted molar refractivity (Wildman–Crippen MR) is 102 cm³/mol.